The summed E-state index contributed by atoms with van der Waals surface area (Å²) in [7, 11) is 0. The highest BCUT2D eigenvalue weighted by molar-refractivity contribution is 7.80. The topological polar surface area (TPSA) is 15.3 Å². The van der Waals surface area contributed by atoms with E-state index in [1.54, 1.807) is 12.1 Å². The standard InChI is InChI=1S/C18H17Cl3N2S/c19-14-10-16(21)17(11-15(14)20)22-18(24)23-8-4-7-13(23)9-12-5-2-1-3-6-12/h1-3,5-6,10-11,13H,4,7-9H2,(H,22,24). The molecule has 24 heavy (non-hydrogen) atoms. The Bertz CT molecular complexity index is 737. The third kappa shape index (κ3) is 4.15. The molecule has 0 saturated carbocycles. The highest BCUT2D eigenvalue weighted by Crippen LogP contribution is 2.33. The molecule has 1 N–H and O–H groups in total. The molecule has 1 saturated heterocycles. The van der Waals surface area contributed by atoms with E-state index in [1.165, 1.54) is 5.56 Å². The maximum absolute atomic E-state index is 6.23. The predicted molar refractivity (Wildman–Crippen MR) is 108 cm³/mol. The molecule has 3 rings (SSSR count). The van der Waals surface area contributed by atoms with Gasteiger partial charge in [0.2, 0.25) is 0 Å². The number of anilines is 1. The van der Waals surface area contributed by atoms with Gasteiger partial charge in [0.1, 0.15) is 0 Å². The molecular weight excluding hydrogens is 383 g/mol. The maximum atomic E-state index is 6.23. The van der Waals surface area contributed by atoms with Gasteiger partial charge in [0.15, 0.2) is 5.11 Å². The van der Waals surface area contributed by atoms with Gasteiger partial charge in [-0.1, -0.05) is 65.1 Å². The first kappa shape index (κ1) is 17.8. The highest BCUT2D eigenvalue weighted by atomic mass is 35.5. The van der Waals surface area contributed by atoms with Gasteiger partial charge in [-0.3, -0.25) is 0 Å². The number of nitrogens with zero attached hydrogens (tertiary/aromatic N) is 1. The van der Waals surface area contributed by atoms with Crippen LogP contribution in [0.1, 0.15) is 18.4 Å². The van der Waals surface area contributed by atoms with Gasteiger partial charge in [0, 0.05) is 12.6 Å². The number of hydrogen-bond donors (Lipinski definition) is 1. The van der Waals surface area contributed by atoms with Crippen molar-refractivity contribution < 1.29 is 0 Å². The minimum atomic E-state index is 0.397. The van der Waals surface area contributed by atoms with Crippen LogP contribution < -0.4 is 5.32 Å². The lowest BCUT2D eigenvalue weighted by molar-refractivity contribution is 0.392. The molecule has 0 radical (unpaired) electrons. The number of rotatable bonds is 3. The Labute approximate surface area is 162 Å². The summed E-state index contributed by atoms with van der Waals surface area (Å²) in [6.45, 7) is 0.947. The van der Waals surface area contributed by atoms with Gasteiger partial charge in [-0.05, 0) is 49.2 Å². The zero-order chi connectivity index (χ0) is 17.1. The molecule has 0 aliphatic carbocycles. The summed E-state index contributed by atoms with van der Waals surface area (Å²) in [5.74, 6) is 0. The number of hydrogen-bond acceptors (Lipinski definition) is 1. The van der Waals surface area contributed by atoms with Crippen LogP contribution in [0.4, 0.5) is 5.69 Å². The minimum Gasteiger partial charge on any atom is -0.346 e. The lowest BCUT2D eigenvalue weighted by Crippen LogP contribution is -2.39. The van der Waals surface area contributed by atoms with Crippen LogP contribution in [0.5, 0.6) is 0 Å². The van der Waals surface area contributed by atoms with Gasteiger partial charge >= 0.3 is 0 Å². The van der Waals surface area contributed by atoms with Crippen molar-refractivity contribution in [2.75, 3.05) is 11.9 Å². The smallest absolute Gasteiger partial charge is 0.173 e. The summed E-state index contributed by atoms with van der Waals surface area (Å²) >= 11 is 23.9. The third-order valence-electron chi connectivity index (χ3n) is 4.20. The molecule has 2 aromatic rings. The molecule has 1 heterocycles. The quantitative estimate of drug-likeness (QED) is 0.499. The Hall–Kier alpha value is -1.00. The van der Waals surface area contributed by atoms with Crippen molar-refractivity contribution in [3.05, 3.63) is 63.1 Å². The van der Waals surface area contributed by atoms with E-state index in [-0.39, 0.29) is 0 Å². The predicted octanol–water partition coefficient (Wildman–Crippen LogP) is 6.05. The summed E-state index contributed by atoms with van der Waals surface area (Å²) < 4.78 is 0. The number of nitrogens with one attached hydrogen (secondary N) is 1. The van der Waals surface area contributed by atoms with E-state index in [9.17, 15) is 0 Å². The SMILES string of the molecule is S=C(Nc1cc(Cl)c(Cl)cc1Cl)N1CCCC1Cc1ccccc1. The Kier molecular flexibility index (Phi) is 5.88. The first-order valence-electron chi connectivity index (χ1n) is 7.80. The average Bonchev–Trinajstić information content (AvgIpc) is 3.02. The molecular formula is C18H17Cl3N2S. The third-order valence-corrected chi connectivity index (χ3v) is 5.58. The van der Waals surface area contributed by atoms with Crippen molar-refractivity contribution in [1.82, 2.24) is 4.90 Å². The summed E-state index contributed by atoms with van der Waals surface area (Å²) in [5.41, 5.74) is 2.01. The van der Waals surface area contributed by atoms with E-state index in [0.717, 1.165) is 25.8 Å². The molecule has 1 aliphatic heterocycles. The minimum absolute atomic E-state index is 0.397. The molecule has 2 aromatic carbocycles. The van der Waals surface area contributed by atoms with Crippen LogP contribution in [0.15, 0.2) is 42.5 Å². The lowest BCUT2D eigenvalue weighted by Gasteiger charge is -2.28. The van der Waals surface area contributed by atoms with Crippen molar-refractivity contribution in [3.8, 4) is 0 Å². The van der Waals surface area contributed by atoms with Gasteiger partial charge in [-0.2, -0.15) is 0 Å². The summed E-state index contributed by atoms with van der Waals surface area (Å²) in [6.07, 6.45) is 3.25. The normalized spacial score (nSPS) is 17.1. The van der Waals surface area contributed by atoms with Gasteiger partial charge in [-0.15, -0.1) is 0 Å². The first-order valence-corrected chi connectivity index (χ1v) is 9.35. The number of likely N-dealkylation sites (tertiary alicyclic amines) is 1. The van der Waals surface area contributed by atoms with Gasteiger partial charge in [-0.25, -0.2) is 0 Å². The Balaban J connectivity index is 1.71. The van der Waals surface area contributed by atoms with Crippen LogP contribution in [0.25, 0.3) is 0 Å². The molecule has 1 atom stereocenters. The fraction of sp³-hybridized carbons (Fsp3) is 0.278. The molecule has 6 heteroatoms. The van der Waals surface area contributed by atoms with Crippen LogP contribution >= 0.6 is 47.0 Å². The molecule has 0 bridgehead atoms. The van der Waals surface area contributed by atoms with Crippen LogP contribution in [0.3, 0.4) is 0 Å². The molecule has 126 valence electrons. The fourth-order valence-electron chi connectivity index (χ4n) is 3.01. The molecule has 1 aliphatic rings. The van der Waals surface area contributed by atoms with Crippen molar-refractivity contribution in [3.63, 3.8) is 0 Å². The summed E-state index contributed by atoms with van der Waals surface area (Å²) in [6, 6.07) is 14.2. The average molecular weight is 400 g/mol. The second-order valence-corrected chi connectivity index (χ2v) is 7.46. The van der Waals surface area contributed by atoms with Crippen LogP contribution in [0.2, 0.25) is 15.1 Å². The molecule has 0 amide bonds. The lowest BCUT2D eigenvalue weighted by atomic mass is 10.0. The van der Waals surface area contributed by atoms with Gasteiger partial charge in [0.05, 0.1) is 20.8 Å². The molecule has 2 nitrogen and oxygen atoms in total. The number of halogens is 3. The van der Waals surface area contributed by atoms with E-state index in [2.05, 4.69) is 34.5 Å². The van der Waals surface area contributed by atoms with Crippen molar-refractivity contribution >= 4 is 57.8 Å². The summed E-state index contributed by atoms with van der Waals surface area (Å²) in [5, 5.41) is 5.28. The number of benzene rings is 2. The highest BCUT2D eigenvalue weighted by Gasteiger charge is 2.27. The molecule has 0 aromatic heterocycles. The van der Waals surface area contributed by atoms with E-state index in [0.29, 0.717) is 31.9 Å². The second-order valence-electron chi connectivity index (χ2n) is 5.86. The van der Waals surface area contributed by atoms with Crippen LogP contribution in [0, 0.1) is 0 Å². The van der Waals surface area contributed by atoms with E-state index >= 15 is 0 Å². The van der Waals surface area contributed by atoms with Crippen molar-refractivity contribution in [1.29, 1.82) is 0 Å². The molecule has 1 unspecified atom stereocenters. The zero-order valence-electron chi connectivity index (χ0n) is 12.9. The summed E-state index contributed by atoms with van der Waals surface area (Å²) in [4.78, 5) is 2.24. The number of thiocarbonyl (C=S) groups is 1. The Morgan fingerprint density at radius 1 is 1.08 bits per heavy atom. The zero-order valence-corrected chi connectivity index (χ0v) is 16.0. The van der Waals surface area contributed by atoms with Crippen LogP contribution in [-0.2, 0) is 6.42 Å². The van der Waals surface area contributed by atoms with E-state index < -0.39 is 0 Å². The molecule has 1 fully saturated rings. The maximum Gasteiger partial charge on any atom is 0.173 e. The first-order chi connectivity index (χ1) is 11.5. The van der Waals surface area contributed by atoms with E-state index in [4.69, 9.17) is 47.0 Å². The van der Waals surface area contributed by atoms with Gasteiger partial charge in [0.25, 0.3) is 0 Å². The largest absolute Gasteiger partial charge is 0.346 e. The fourth-order valence-corrected chi connectivity index (χ4v) is 3.95. The second kappa shape index (κ2) is 7.92. The van der Waals surface area contributed by atoms with Crippen molar-refractivity contribution in [2.45, 2.75) is 25.3 Å². The van der Waals surface area contributed by atoms with Gasteiger partial charge < -0.3 is 10.2 Å². The monoisotopic (exact) mass is 398 g/mol. The van der Waals surface area contributed by atoms with E-state index in [1.807, 2.05) is 6.07 Å². The Morgan fingerprint density at radius 2 is 1.79 bits per heavy atom. The van der Waals surface area contributed by atoms with Crippen molar-refractivity contribution in [2.24, 2.45) is 0 Å². The van der Waals surface area contributed by atoms with Crippen LogP contribution in [-0.4, -0.2) is 22.6 Å². The molecule has 0 spiro atoms. The Morgan fingerprint density at radius 3 is 2.54 bits per heavy atom.